The van der Waals surface area contributed by atoms with Crippen molar-refractivity contribution >= 4 is 17.5 Å². The first kappa shape index (κ1) is 24.3. The number of nitrogens with two attached hydrogens (primary N) is 1. The van der Waals surface area contributed by atoms with E-state index in [4.69, 9.17) is 20.6 Å². The van der Waals surface area contributed by atoms with Gasteiger partial charge in [-0.15, -0.1) is 0 Å². The zero-order valence-electron chi connectivity index (χ0n) is 18.9. The minimum Gasteiger partial charge on any atom is -0.494 e. The first-order chi connectivity index (χ1) is 15.8. The van der Waals surface area contributed by atoms with Crippen LogP contribution in [-0.2, 0) is 4.79 Å². The van der Waals surface area contributed by atoms with Crippen molar-refractivity contribution in [1.82, 2.24) is 4.90 Å². The number of nitrogen functional groups attached to an aromatic ring is 1. The van der Waals surface area contributed by atoms with E-state index in [2.05, 4.69) is 17.3 Å². The lowest BCUT2D eigenvalue weighted by atomic mass is 9.98. The third-order valence-electron chi connectivity index (χ3n) is 5.73. The Hall–Kier alpha value is -3.33. The molecule has 5 N–H and O–H groups in total. The van der Waals surface area contributed by atoms with Crippen LogP contribution in [0.4, 0.5) is 10.1 Å². The molecule has 2 aromatic carbocycles. The fourth-order valence-electron chi connectivity index (χ4n) is 3.78. The van der Waals surface area contributed by atoms with Gasteiger partial charge in [0.25, 0.3) is 0 Å². The van der Waals surface area contributed by atoms with Crippen LogP contribution in [0.15, 0.2) is 36.4 Å². The van der Waals surface area contributed by atoms with Gasteiger partial charge in [-0.3, -0.25) is 5.41 Å². The third-order valence-corrected chi connectivity index (χ3v) is 5.73. The van der Waals surface area contributed by atoms with E-state index < -0.39 is 17.8 Å². The van der Waals surface area contributed by atoms with Gasteiger partial charge >= 0.3 is 5.97 Å². The summed E-state index contributed by atoms with van der Waals surface area (Å²) in [4.78, 5) is 14.3. The highest BCUT2D eigenvalue weighted by molar-refractivity contribution is 5.95. The number of rotatable bonds is 10. The predicted octanol–water partition coefficient (Wildman–Crippen LogP) is 3.47. The van der Waals surface area contributed by atoms with Gasteiger partial charge in [0.05, 0.1) is 13.2 Å². The van der Waals surface area contributed by atoms with Gasteiger partial charge in [-0.2, -0.15) is 0 Å². The molecule has 0 bridgehead atoms. The number of hydrogen-bond acceptors (Lipinski definition) is 6. The normalized spacial score (nSPS) is 15.6. The molecule has 9 heteroatoms. The summed E-state index contributed by atoms with van der Waals surface area (Å²) in [5.74, 6) is -1.45. The van der Waals surface area contributed by atoms with Crippen molar-refractivity contribution in [3.8, 4) is 11.5 Å². The molecule has 0 aliphatic carbocycles. The van der Waals surface area contributed by atoms with E-state index in [0.29, 0.717) is 36.1 Å². The van der Waals surface area contributed by atoms with Crippen LogP contribution in [0.1, 0.15) is 36.9 Å². The minimum atomic E-state index is -1.38. The SMILES string of the molecule is CCOc1cc(OCC2CCN(C)CC2)c(F)c(C(Nc2ccc(C(=N)N)cc2)C(=O)O)c1. The molecule has 1 unspecified atom stereocenters. The first-order valence-electron chi connectivity index (χ1n) is 11.0. The van der Waals surface area contributed by atoms with Gasteiger partial charge in [0.2, 0.25) is 0 Å². The van der Waals surface area contributed by atoms with Crippen LogP contribution in [0.5, 0.6) is 11.5 Å². The van der Waals surface area contributed by atoms with Crippen molar-refractivity contribution in [1.29, 1.82) is 5.41 Å². The Kier molecular flexibility index (Phi) is 8.11. The maximum atomic E-state index is 15.5. The number of ether oxygens (including phenoxy) is 2. The molecule has 3 rings (SSSR count). The quantitative estimate of drug-likeness (QED) is 0.318. The Morgan fingerprint density at radius 3 is 2.52 bits per heavy atom. The van der Waals surface area contributed by atoms with E-state index in [1.54, 1.807) is 31.2 Å². The number of carboxylic acid groups (broad SMARTS) is 1. The predicted molar refractivity (Wildman–Crippen MR) is 125 cm³/mol. The second-order valence-corrected chi connectivity index (χ2v) is 8.22. The van der Waals surface area contributed by atoms with Crippen LogP contribution in [0.25, 0.3) is 0 Å². The van der Waals surface area contributed by atoms with Crippen molar-refractivity contribution in [3.05, 3.63) is 53.3 Å². The fourth-order valence-corrected chi connectivity index (χ4v) is 3.78. The van der Waals surface area contributed by atoms with Gasteiger partial charge in [0.1, 0.15) is 11.6 Å². The molecule has 1 atom stereocenters. The number of anilines is 1. The van der Waals surface area contributed by atoms with Gasteiger partial charge in [-0.25, -0.2) is 9.18 Å². The molecule has 0 radical (unpaired) electrons. The number of carboxylic acids is 1. The summed E-state index contributed by atoms with van der Waals surface area (Å²) in [5, 5.41) is 20.2. The molecular formula is C24H31FN4O4. The van der Waals surface area contributed by atoms with Gasteiger partial charge in [-0.05, 0) is 76.2 Å². The number of nitrogens with zero attached hydrogens (tertiary/aromatic N) is 1. The topological polar surface area (TPSA) is 121 Å². The Morgan fingerprint density at radius 2 is 1.94 bits per heavy atom. The van der Waals surface area contributed by atoms with Crippen LogP contribution in [0.2, 0.25) is 0 Å². The average molecular weight is 459 g/mol. The van der Waals surface area contributed by atoms with E-state index in [1.165, 1.54) is 12.1 Å². The zero-order valence-corrected chi connectivity index (χ0v) is 18.9. The van der Waals surface area contributed by atoms with Crippen molar-refractivity contribution in [2.75, 3.05) is 38.7 Å². The number of halogens is 1. The summed E-state index contributed by atoms with van der Waals surface area (Å²) in [6, 6.07) is 7.84. The highest BCUT2D eigenvalue weighted by atomic mass is 19.1. The summed E-state index contributed by atoms with van der Waals surface area (Å²) >= 11 is 0. The lowest BCUT2D eigenvalue weighted by Crippen LogP contribution is -2.32. The molecular weight excluding hydrogens is 427 g/mol. The van der Waals surface area contributed by atoms with Crippen LogP contribution in [-0.4, -0.2) is 55.2 Å². The van der Waals surface area contributed by atoms with Crippen molar-refractivity contribution in [2.24, 2.45) is 11.7 Å². The number of likely N-dealkylation sites (tertiary alicyclic amines) is 1. The third kappa shape index (κ3) is 6.35. The molecule has 33 heavy (non-hydrogen) atoms. The number of aliphatic carboxylic acids is 1. The summed E-state index contributed by atoms with van der Waals surface area (Å²) in [7, 11) is 2.07. The molecule has 0 spiro atoms. The number of nitrogens with one attached hydrogen (secondary N) is 2. The molecule has 1 fully saturated rings. The maximum absolute atomic E-state index is 15.5. The average Bonchev–Trinajstić information content (AvgIpc) is 2.79. The van der Waals surface area contributed by atoms with Crippen molar-refractivity contribution < 1.29 is 23.8 Å². The number of carbonyl (C=O) groups is 1. The van der Waals surface area contributed by atoms with Gasteiger partial charge in [-0.1, -0.05) is 0 Å². The standard InChI is InChI=1S/C24H31FN4O4/c1-3-32-18-12-19(21(25)20(13-18)33-14-15-8-10-29(2)11-9-15)22(24(30)31)28-17-6-4-16(5-7-17)23(26)27/h4-7,12-13,15,22,28H,3,8-11,14H2,1-2H3,(H3,26,27)(H,30,31). The Bertz CT molecular complexity index is 975. The van der Waals surface area contributed by atoms with Gasteiger partial charge < -0.3 is 30.5 Å². The van der Waals surface area contributed by atoms with Gasteiger partial charge in [0, 0.05) is 22.9 Å². The van der Waals surface area contributed by atoms with E-state index in [-0.39, 0.29) is 17.1 Å². The largest absolute Gasteiger partial charge is 0.494 e. The lowest BCUT2D eigenvalue weighted by molar-refractivity contribution is -0.138. The van der Waals surface area contributed by atoms with E-state index >= 15 is 4.39 Å². The molecule has 178 valence electrons. The summed E-state index contributed by atoms with van der Waals surface area (Å²) in [5.41, 5.74) is 6.33. The molecule has 0 saturated carbocycles. The Morgan fingerprint density at radius 1 is 1.27 bits per heavy atom. The molecule has 0 amide bonds. The molecule has 2 aromatic rings. The highest BCUT2D eigenvalue weighted by Gasteiger charge is 2.27. The molecule has 1 saturated heterocycles. The molecule has 1 aliphatic rings. The molecule has 0 aromatic heterocycles. The molecule has 8 nitrogen and oxygen atoms in total. The van der Waals surface area contributed by atoms with E-state index in [0.717, 1.165) is 25.9 Å². The smallest absolute Gasteiger partial charge is 0.330 e. The van der Waals surface area contributed by atoms with Crippen molar-refractivity contribution in [2.45, 2.75) is 25.8 Å². The highest BCUT2D eigenvalue weighted by Crippen LogP contribution is 2.34. The monoisotopic (exact) mass is 458 g/mol. The zero-order chi connectivity index (χ0) is 24.0. The maximum Gasteiger partial charge on any atom is 0.330 e. The number of amidine groups is 1. The summed E-state index contributed by atoms with van der Waals surface area (Å²) in [6.07, 6.45) is 1.93. The number of hydrogen-bond donors (Lipinski definition) is 4. The van der Waals surface area contributed by atoms with E-state index in [1.807, 2.05) is 0 Å². The first-order valence-corrected chi connectivity index (χ1v) is 11.0. The summed E-state index contributed by atoms with van der Waals surface area (Å²) in [6.45, 7) is 4.43. The van der Waals surface area contributed by atoms with Crippen LogP contribution >= 0.6 is 0 Å². The van der Waals surface area contributed by atoms with Crippen LogP contribution in [0.3, 0.4) is 0 Å². The lowest BCUT2D eigenvalue weighted by Gasteiger charge is -2.29. The second kappa shape index (κ2) is 11.0. The molecule has 1 heterocycles. The van der Waals surface area contributed by atoms with Crippen LogP contribution < -0.4 is 20.5 Å². The second-order valence-electron chi connectivity index (χ2n) is 8.22. The van der Waals surface area contributed by atoms with Crippen molar-refractivity contribution in [3.63, 3.8) is 0 Å². The Labute approximate surface area is 193 Å². The Balaban J connectivity index is 1.85. The van der Waals surface area contributed by atoms with Gasteiger partial charge in [0.15, 0.2) is 17.6 Å². The summed E-state index contributed by atoms with van der Waals surface area (Å²) < 4.78 is 26.8. The minimum absolute atomic E-state index is 0.0187. The van der Waals surface area contributed by atoms with Crippen LogP contribution in [0, 0.1) is 17.1 Å². The number of benzene rings is 2. The van der Waals surface area contributed by atoms with E-state index in [9.17, 15) is 9.90 Å². The molecule has 1 aliphatic heterocycles. The fraction of sp³-hybridized carbons (Fsp3) is 0.417. The number of piperidine rings is 1.